The Morgan fingerprint density at radius 2 is 1.82 bits per heavy atom. The number of benzene rings is 1. The number of hydrogen-bond donors (Lipinski definition) is 4. The molecule has 0 radical (unpaired) electrons. The van der Waals surface area contributed by atoms with Gasteiger partial charge in [0.2, 0.25) is 5.95 Å². The van der Waals surface area contributed by atoms with Gasteiger partial charge in [-0.3, -0.25) is 4.98 Å². The zero-order valence-electron chi connectivity index (χ0n) is 23.3. The Morgan fingerprint density at radius 3 is 2.50 bits per heavy atom. The number of alkyl halides is 3. The van der Waals surface area contributed by atoms with Gasteiger partial charge in [0.05, 0.1) is 32.3 Å². The van der Waals surface area contributed by atoms with Gasteiger partial charge in [0.15, 0.2) is 15.6 Å². The van der Waals surface area contributed by atoms with Crippen molar-refractivity contribution < 1.29 is 36.2 Å². The molecule has 2 aliphatic carbocycles. The van der Waals surface area contributed by atoms with E-state index in [0.29, 0.717) is 22.0 Å². The summed E-state index contributed by atoms with van der Waals surface area (Å²) < 4.78 is 79.1. The van der Waals surface area contributed by atoms with Crippen molar-refractivity contribution in [1.29, 1.82) is 0 Å². The van der Waals surface area contributed by atoms with E-state index in [2.05, 4.69) is 25.6 Å². The Morgan fingerprint density at radius 1 is 1.09 bits per heavy atom. The molecule has 6 rings (SSSR count). The normalized spacial score (nSPS) is 22.4. The molecule has 4 N–H and O–H groups in total. The molecule has 0 bridgehead atoms. The van der Waals surface area contributed by atoms with E-state index < -0.39 is 51.9 Å². The lowest BCUT2D eigenvalue weighted by Gasteiger charge is -2.31. The average molecular weight is 653 g/mol. The van der Waals surface area contributed by atoms with Crippen LogP contribution in [0.4, 0.5) is 29.3 Å². The van der Waals surface area contributed by atoms with Crippen LogP contribution < -0.4 is 10.6 Å². The summed E-state index contributed by atoms with van der Waals surface area (Å²) in [4.78, 5) is 17.6. The topological polar surface area (TPSA) is 150 Å². The third-order valence-electron chi connectivity index (χ3n) is 7.82. The minimum atomic E-state index is -4.55. The second-order valence-electron chi connectivity index (χ2n) is 11.2. The number of pyridine rings is 1. The fourth-order valence-electron chi connectivity index (χ4n) is 5.45. The van der Waals surface area contributed by atoms with E-state index >= 15 is 0 Å². The minimum absolute atomic E-state index is 0.0780. The number of anilines is 2. The van der Waals surface area contributed by atoms with Crippen LogP contribution in [-0.2, 0) is 9.84 Å². The number of fused-ring (bicyclic) bond motifs is 1. The van der Waals surface area contributed by atoms with Gasteiger partial charge in [0, 0.05) is 18.0 Å². The molecule has 0 spiro atoms. The molecule has 3 aromatic heterocycles. The van der Waals surface area contributed by atoms with Crippen LogP contribution in [0.3, 0.4) is 0 Å². The number of thiazole rings is 1. The predicted molar refractivity (Wildman–Crippen MR) is 155 cm³/mol. The van der Waals surface area contributed by atoms with Crippen molar-refractivity contribution in [3.05, 3.63) is 53.7 Å². The van der Waals surface area contributed by atoms with Crippen LogP contribution in [-0.4, -0.2) is 68.9 Å². The molecule has 2 saturated carbocycles. The first-order valence-corrected chi connectivity index (χ1v) is 16.3. The number of rotatable bonds is 9. The largest absolute Gasteiger partial charge is 0.405 e. The number of aryl methyl sites for hydroxylation is 1. The highest BCUT2D eigenvalue weighted by Crippen LogP contribution is 2.45. The van der Waals surface area contributed by atoms with Crippen LogP contribution in [0, 0.1) is 18.7 Å². The Hall–Kier alpha value is -3.47. The fourth-order valence-corrected chi connectivity index (χ4v) is 8.18. The zero-order chi connectivity index (χ0) is 31.4. The third-order valence-corrected chi connectivity index (χ3v) is 10.7. The van der Waals surface area contributed by atoms with E-state index in [-0.39, 0.29) is 35.2 Å². The molecule has 0 aliphatic heterocycles. The Balaban J connectivity index is 1.34. The number of nitrogens with one attached hydrogen (secondary N) is 2. The van der Waals surface area contributed by atoms with Gasteiger partial charge in [-0.15, -0.1) is 11.3 Å². The monoisotopic (exact) mass is 652 g/mol. The molecule has 0 amide bonds. The molecule has 2 aliphatic rings. The number of aliphatic hydroxyl groups excluding tert-OH is 1. The van der Waals surface area contributed by atoms with E-state index in [1.165, 1.54) is 11.3 Å². The predicted octanol–water partition coefficient (Wildman–Crippen LogP) is 4.79. The summed E-state index contributed by atoms with van der Waals surface area (Å²) in [5.74, 6) is -2.17. The summed E-state index contributed by atoms with van der Waals surface area (Å²) in [6.45, 7) is 0.166. The van der Waals surface area contributed by atoms with Crippen LogP contribution in [0.25, 0.3) is 20.8 Å². The van der Waals surface area contributed by atoms with Gasteiger partial charge in [-0.25, -0.2) is 22.8 Å². The van der Waals surface area contributed by atoms with Crippen LogP contribution >= 0.6 is 11.3 Å². The second kappa shape index (κ2) is 11.2. The maximum absolute atomic E-state index is 13.3. The lowest BCUT2D eigenvalue weighted by molar-refractivity contribution is -0.115. The maximum atomic E-state index is 13.3. The summed E-state index contributed by atoms with van der Waals surface area (Å²) in [6, 6.07) is 6.11. The fraction of sp³-hybridized carbons (Fsp3) is 0.429. The molecule has 16 heteroatoms. The number of aromatic nitrogens is 4. The van der Waals surface area contributed by atoms with Gasteiger partial charge in [0.1, 0.15) is 34.8 Å². The number of hydrogen-bond acceptors (Lipinski definition) is 11. The lowest BCUT2D eigenvalue weighted by atomic mass is 10.0. The smallest absolute Gasteiger partial charge is 0.388 e. The highest BCUT2D eigenvalue weighted by molar-refractivity contribution is 7.91. The van der Waals surface area contributed by atoms with Crippen LogP contribution in [0.15, 0.2) is 41.4 Å². The SMILES string of the molecule is Cc1nc(NCC(F)(F)F)nc(N[C@@]2(O)CC[C@H](CS(=O)(=O)c3ccc(F)cc3)[C@H]2O)c1-c1nc2c(C3CC3)nccc2s1. The van der Waals surface area contributed by atoms with Gasteiger partial charge >= 0.3 is 6.18 Å². The second-order valence-corrected chi connectivity index (χ2v) is 14.3. The Bertz CT molecular complexity index is 1820. The molecule has 0 saturated heterocycles. The summed E-state index contributed by atoms with van der Waals surface area (Å²) in [5, 5.41) is 28.2. The first kappa shape index (κ1) is 30.6. The highest BCUT2D eigenvalue weighted by atomic mass is 32.2. The average Bonchev–Trinajstić information content (AvgIpc) is 3.65. The quantitative estimate of drug-likeness (QED) is 0.113. The summed E-state index contributed by atoms with van der Waals surface area (Å²) in [6.07, 6.45) is -2.46. The first-order chi connectivity index (χ1) is 20.7. The number of halogens is 4. The molecule has 0 unspecified atom stereocenters. The number of sulfone groups is 1. The molecule has 3 heterocycles. The van der Waals surface area contributed by atoms with Gasteiger partial charge in [-0.05, 0) is 62.9 Å². The minimum Gasteiger partial charge on any atom is -0.388 e. The van der Waals surface area contributed by atoms with Crippen LogP contribution in [0.2, 0.25) is 0 Å². The van der Waals surface area contributed by atoms with Crippen molar-refractivity contribution in [3.8, 4) is 10.6 Å². The van der Waals surface area contributed by atoms with Gasteiger partial charge in [-0.1, -0.05) is 0 Å². The molecule has 3 atom stereocenters. The summed E-state index contributed by atoms with van der Waals surface area (Å²) in [5.41, 5.74) is 0.0473. The van der Waals surface area contributed by atoms with Crippen molar-refractivity contribution in [2.24, 2.45) is 5.92 Å². The molecule has 1 aromatic carbocycles. The standard InChI is InChI=1S/C28H28F4N6O4S2/c1-14-20(25-36-22-19(43-25)9-11-33-21(22)15-2-3-15)24(37-26(35-14)34-13-28(30,31)32)38-27(40)10-8-16(23(27)39)12-44(41,42)18-6-4-17(29)5-7-18/h4-7,9,11,15-16,23,39-40H,2-3,8,10,12-13H2,1H3,(H2,34,35,37,38)/t16-,23-,27-/m1/s1. The molecule has 4 aromatic rings. The molecular formula is C28H28F4N6O4S2. The van der Waals surface area contributed by atoms with Gasteiger partial charge in [-0.2, -0.15) is 18.2 Å². The number of aliphatic hydroxyl groups is 2. The van der Waals surface area contributed by atoms with Gasteiger partial charge in [0.25, 0.3) is 0 Å². The molecule has 234 valence electrons. The first-order valence-electron chi connectivity index (χ1n) is 13.8. The summed E-state index contributed by atoms with van der Waals surface area (Å²) >= 11 is 1.30. The molecule has 44 heavy (non-hydrogen) atoms. The molecule has 10 nitrogen and oxygen atoms in total. The van der Waals surface area contributed by atoms with Crippen LogP contribution in [0.1, 0.15) is 43.0 Å². The van der Waals surface area contributed by atoms with E-state index in [4.69, 9.17) is 4.98 Å². The van der Waals surface area contributed by atoms with Crippen molar-refractivity contribution in [2.75, 3.05) is 22.9 Å². The Labute approximate surface area is 253 Å². The van der Waals surface area contributed by atoms with E-state index in [1.54, 1.807) is 13.1 Å². The number of nitrogens with zero attached hydrogens (tertiary/aromatic N) is 4. The van der Waals surface area contributed by atoms with Crippen molar-refractivity contribution in [1.82, 2.24) is 19.9 Å². The zero-order valence-corrected chi connectivity index (χ0v) is 24.9. The van der Waals surface area contributed by atoms with Gasteiger partial charge < -0.3 is 20.8 Å². The van der Waals surface area contributed by atoms with Crippen molar-refractivity contribution in [3.63, 3.8) is 0 Å². The molecule has 2 fully saturated rings. The lowest BCUT2D eigenvalue weighted by Crippen LogP contribution is -2.48. The van der Waals surface area contributed by atoms with Crippen molar-refractivity contribution in [2.45, 2.75) is 61.4 Å². The molecular weight excluding hydrogens is 624 g/mol. The highest BCUT2D eigenvalue weighted by Gasteiger charge is 2.49. The van der Waals surface area contributed by atoms with E-state index in [9.17, 15) is 36.2 Å². The van der Waals surface area contributed by atoms with E-state index in [1.807, 2.05) is 6.07 Å². The Kier molecular flexibility index (Phi) is 7.75. The third kappa shape index (κ3) is 6.20. The van der Waals surface area contributed by atoms with E-state index in [0.717, 1.165) is 47.5 Å². The van der Waals surface area contributed by atoms with Crippen molar-refractivity contribution >= 4 is 43.2 Å². The van der Waals surface area contributed by atoms with Crippen LogP contribution in [0.5, 0.6) is 0 Å². The maximum Gasteiger partial charge on any atom is 0.405 e. The summed E-state index contributed by atoms with van der Waals surface area (Å²) in [7, 11) is -3.95.